The summed E-state index contributed by atoms with van der Waals surface area (Å²) < 4.78 is 40.3. The second kappa shape index (κ2) is 8.07. The standard InChI is InChI=1S/C22H17F3N6OS/c1-12-18(33-21(26-12)13-6-8-14(9-7-13)22(23,24)25)20(32)27-17-5-3-2-4-16(17)19-28-29-30-31(19)15-10-11-15/h2-9,15H,10-11H2,1H3,(H,27,32). The first kappa shape index (κ1) is 21.3. The van der Waals surface area contributed by atoms with Gasteiger partial charge in [0, 0.05) is 11.1 Å². The Morgan fingerprint density at radius 3 is 2.55 bits per heavy atom. The molecule has 0 aliphatic heterocycles. The van der Waals surface area contributed by atoms with Crippen molar-refractivity contribution in [3.05, 3.63) is 64.7 Å². The molecule has 2 heterocycles. The fourth-order valence-electron chi connectivity index (χ4n) is 3.43. The number of carbonyl (C=O) groups excluding carboxylic acids is 1. The van der Waals surface area contributed by atoms with Gasteiger partial charge in [0.05, 0.1) is 23.0 Å². The number of nitrogens with one attached hydrogen (secondary N) is 1. The fourth-order valence-corrected chi connectivity index (χ4v) is 4.40. The Balaban J connectivity index is 1.41. The molecule has 4 aromatic rings. The summed E-state index contributed by atoms with van der Waals surface area (Å²) in [5.41, 5.74) is 1.53. The zero-order chi connectivity index (χ0) is 23.2. The number of hydrogen-bond donors (Lipinski definition) is 1. The van der Waals surface area contributed by atoms with E-state index in [0.717, 1.165) is 36.3 Å². The normalized spacial score (nSPS) is 13.8. The van der Waals surface area contributed by atoms with Gasteiger partial charge in [-0.3, -0.25) is 4.79 Å². The molecule has 11 heteroatoms. The smallest absolute Gasteiger partial charge is 0.321 e. The molecule has 33 heavy (non-hydrogen) atoms. The highest BCUT2D eigenvalue weighted by molar-refractivity contribution is 7.17. The molecular formula is C22H17F3N6OS. The lowest BCUT2D eigenvalue weighted by Crippen LogP contribution is -2.13. The number of benzene rings is 2. The van der Waals surface area contributed by atoms with Crippen molar-refractivity contribution in [2.75, 3.05) is 5.32 Å². The summed E-state index contributed by atoms with van der Waals surface area (Å²) in [6.07, 6.45) is -2.38. The number of amides is 1. The molecule has 0 radical (unpaired) electrons. The third kappa shape index (κ3) is 4.23. The average Bonchev–Trinajstić information content (AvgIpc) is 3.38. The van der Waals surface area contributed by atoms with E-state index in [1.54, 1.807) is 23.7 Å². The lowest BCUT2D eigenvalue weighted by Gasteiger charge is -2.10. The van der Waals surface area contributed by atoms with Crippen LogP contribution in [0.2, 0.25) is 0 Å². The van der Waals surface area contributed by atoms with E-state index in [9.17, 15) is 18.0 Å². The topological polar surface area (TPSA) is 85.6 Å². The van der Waals surface area contributed by atoms with Gasteiger partial charge in [0.2, 0.25) is 0 Å². The van der Waals surface area contributed by atoms with Crippen LogP contribution in [0.5, 0.6) is 0 Å². The van der Waals surface area contributed by atoms with E-state index in [1.807, 2.05) is 12.1 Å². The van der Waals surface area contributed by atoms with E-state index in [1.165, 1.54) is 12.1 Å². The van der Waals surface area contributed by atoms with Crippen molar-refractivity contribution < 1.29 is 18.0 Å². The lowest BCUT2D eigenvalue weighted by atomic mass is 10.1. The minimum absolute atomic E-state index is 0.272. The van der Waals surface area contributed by atoms with Crippen LogP contribution in [0.1, 0.15) is 39.8 Å². The van der Waals surface area contributed by atoms with E-state index in [0.29, 0.717) is 38.2 Å². The maximum atomic E-state index is 13.1. The van der Waals surface area contributed by atoms with Crippen LogP contribution in [-0.2, 0) is 6.18 Å². The molecule has 0 spiro atoms. The van der Waals surface area contributed by atoms with E-state index in [4.69, 9.17) is 0 Å². The van der Waals surface area contributed by atoms with Gasteiger partial charge < -0.3 is 5.32 Å². The number of halogens is 3. The molecule has 1 N–H and O–H groups in total. The molecule has 2 aromatic heterocycles. The molecule has 5 rings (SSSR count). The molecule has 0 saturated heterocycles. The predicted molar refractivity (Wildman–Crippen MR) is 117 cm³/mol. The number of thiazole rings is 1. The first-order valence-corrected chi connectivity index (χ1v) is 11.0. The number of aromatic nitrogens is 5. The molecule has 7 nitrogen and oxygen atoms in total. The van der Waals surface area contributed by atoms with Gasteiger partial charge in [-0.05, 0) is 54.5 Å². The van der Waals surface area contributed by atoms with Crippen LogP contribution in [0.25, 0.3) is 22.0 Å². The molecule has 0 bridgehead atoms. The highest BCUT2D eigenvalue weighted by Crippen LogP contribution is 2.38. The van der Waals surface area contributed by atoms with Crippen LogP contribution in [0.15, 0.2) is 48.5 Å². The second-order valence-electron chi connectivity index (χ2n) is 7.69. The Labute approximate surface area is 190 Å². The first-order chi connectivity index (χ1) is 15.8. The summed E-state index contributed by atoms with van der Waals surface area (Å²) in [6.45, 7) is 1.69. The van der Waals surface area contributed by atoms with Crippen molar-refractivity contribution in [1.82, 2.24) is 25.2 Å². The number of anilines is 1. The maximum Gasteiger partial charge on any atom is 0.416 e. The van der Waals surface area contributed by atoms with Gasteiger partial charge in [0.1, 0.15) is 9.88 Å². The number of nitrogens with zero attached hydrogens (tertiary/aromatic N) is 5. The number of alkyl halides is 3. The summed E-state index contributed by atoms with van der Waals surface area (Å²) in [5, 5.41) is 15.4. The van der Waals surface area contributed by atoms with Gasteiger partial charge in [0.25, 0.3) is 5.91 Å². The Bertz CT molecular complexity index is 1320. The number of aryl methyl sites for hydroxylation is 1. The molecular weight excluding hydrogens is 453 g/mol. The molecule has 2 aromatic carbocycles. The monoisotopic (exact) mass is 470 g/mol. The van der Waals surface area contributed by atoms with Crippen LogP contribution < -0.4 is 5.32 Å². The quantitative estimate of drug-likeness (QED) is 0.423. The van der Waals surface area contributed by atoms with E-state index in [2.05, 4.69) is 25.8 Å². The van der Waals surface area contributed by atoms with Crippen LogP contribution in [0.4, 0.5) is 18.9 Å². The van der Waals surface area contributed by atoms with Gasteiger partial charge in [-0.2, -0.15) is 13.2 Å². The third-order valence-corrected chi connectivity index (χ3v) is 6.47. The minimum Gasteiger partial charge on any atom is -0.321 e. The number of rotatable bonds is 5. The number of para-hydroxylation sites is 1. The second-order valence-corrected chi connectivity index (χ2v) is 8.69. The van der Waals surface area contributed by atoms with Gasteiger partial charge in [0.15, 0.2) is 5.82 Å². The van der Waals surface area contributed by atoms with Crippen LogP contribution >= 0.6 is 11.3 Å². The van der Waals surface area contributed by atoms with Gasteiger partial charge >= 0.3 is 6.18 Å². The van der Waals surface area contributed by atoms with E-state index < -0.39 is 11.7 Å². The summed E-state index contributed by atoms with van der Waals surface area (Å²) >= 11 is 1.12. The van der Waals surface area contributed by atoms with Crippen LogP contribution in [0, 0.1) is 6.92 Å². The summed E-state index contributed by atoms with van der Waals surface area (Å²) in [4.78, 5) is 17.8. The Morgan fingerprint density at radius 1 is 1.12 bits per heavy atom. The molecule has 1 amide bonds. The minimum atomic E-state index is -4.41. The molecule has 1 aliphatic rings. The summed E-state index contributed by atoms with van der Waals surface area (Å²) in [6, 6.07) is 12.3. The van der Waals surface area contributed by atoms with Crippen LogP contribution in [0.3, 0.4) is 0 Å². The predicted octanol–water partition coefficient (Wildman–Crippen LogP) is 5.38. The van der Waals surface area contributed by atoms with E-state index >= 15 is 0 Å². The van der Waals surface area contributed by atoms with Crippen molar-refractivity contribution in [2.45, 2.75) is 32.0 Å². The lowest BCUT2D eigenvalue weighted by molar-refractivity contribution is -0.137. The Kier molecular flexibility index (Phi) is 5.20. The Morgan fingerprint density at radius 2 is 1.85 bits per heavy atom. The highest BCUT2D eigenvalue weighted by Gasteiger charge is 2.31. The molecule has 0 atom stereocenters. The number of carbonyl (C=O) groups is 1. The number of hydrogen-bond acceptors (Lipinski definition) is 6. The highest BCUT2D eigenvalue weighted by atomic mass is 32.1. The van der Waals surface area contributed by atoms with E-state index in [-0.39, 0.29) is 11.9 Å². The molecule has 1 fully saturated rings. The molecule has 0 unspecified atom stereocenters. The van der Waals surface area contributed by atoms with Crippen molar-refractivity contribution >= 4 is 22.9 Å². The van der Waals surface area contributed by atoms with Crippen molar-refractivity contribution in [1.29, 1.82) is 0 Å². The van der Waals surface area contributed by atoms with Crippen molar-refractivity contribution in [2.24, 2.45) is 0 Å². The molecule has 168 valence electrons. The van der Waals surface area contributed by atoms with Crippen LogP contribution in [-0.4, -0.2) is 31.1 Å². The van der Waals surface area contributed by atoms with Gasteiger partial charge in [-0.1, -0.05) is 24.3 Å². The maximum absolute atomic E-state index is 13.1. The zero-order valence-electron chi connectivity index (χ0n) is 17.3. The Hall–Kier alpha value is -3.60. The summed E-state index contributed by atoms with van der Waals surface area (Å²) in [5.74, 6) is 0.223. The SMILES string of the molecule is Cc1nc(-c2ccc(C(F)(F)F)cc2)sc1C(=O)Nc1ccccc1-c1nnnn1C1CC1. The van der Waals surface area contributed by atoms with Crippen molar-refractivity contribution in [3.63, 3.8) is 0 Å². The molecule has 1 saturated carbocycles. The third-order valence-electron chi connectivity index (χ3n) is 5.26. The number of tetrazole rings is 1. The molecule has 1 aliphatic carbocycles. The largest absolute Gasteiger partial charge is 0.416 e. The van der Waals surface area contributed by atoms with Crippen molar-refractivity contribution in [3.8, 4) is 22.0 Å². The fraction of sp³-hybridized carbons (Fsp3) is 0.227. The zero-order valence-corrected chi connectivity index (χ0v) is 18.1. The van der Waals surface area contributed by atoms with Gasteiger partial charge in [-0.15, -0.1) is 16.4 Å². The average molecular weight is 470 g/mol. The summed E-state index contributed by atoms with van der Waals surface area (Å²) in [7, 11) is 0. The van der Waals surface area contributed by atoms with Gasteiger partial charge in [-0.25, -0.2) is 9.67 Å². The first-order valence-electron chi connectivity index (χ1n) is 10.1.